The number of fused-ring (bicyclic) bond motifs is 1. The zero-order valence-electron chi connectivity index (χ0n) is 11.2. The van der Waals surface area contributed by atoms with Crippen molar-refractivity contribution in [3.8, 4) is 11.5 Å². The number of rotatable bonds is 2. The van der Waals surface area contributed by atoms with E-state index in [0.29, 0.717) is 17.0 Å². The van der Waals surface area contributed by atoms with Gasteiger partial charge in [-0.1, -0.05) is 23.8 Å². The number of aryl methyl sites for hydroxylation is 2. The Morgan fingerprint density at radius 3 is 2.70 bits per heavy atom. The molecule has 0 unspecified atom stereocenters. The Hall–Kier alpha value is -2.62. The zero-order chi connectivity index (χ0) is 14.3. The highest BCUT2D eigenvalue weighted by Gasteiger charge is 2.16. The number of aromatic carboxylic acids is 1. The van der Waals surface area contributed by atoms with Crippen LogP contribution in [0.15, 0.2) is 40.8 Å². The highest BCUT2D eigenvalue weighted by atomic mass is 16.4. The first-order chi connectivity index (χ1) is 9.56. The van der Waals surface area contributed by atoms with Crippen molar-refractivity contribution in [2.24, 2.45) is 0 Å². The lowest BCUT2D eigenvalue weighted by Crippen LogP contribution is -1.96. The smallest absolute Gasteiger partial charge is 0.338 e. The van der Waals surface area contributed by atoms with E-state index in [2.05, 4.69) is 4.98 Å². The quantitative estimate of drug-likeness (QED) is 0.766. The molecule has 0 aliphatic rings. The van der Waals surface area contributed by atoms with Crippen LogP contribution in [0.3, 0.4) is 0 Å². The largest absolute Gasteiger partial charge is 0.478 e. The van der Waals surface area contributed by atoms with Gasteiger partial charge in [-0.3, -0.25) is 0 Å². The van der Waals surface area contributed by atoms with Gasteiger partial charge < -0.3 is 9.52 Å². The normalized spacial score (nSPS) is 10.9. The van der Waals surface area contributed by atoms with Crippen LogP contribution in [-0.4, -0.2) is 16.1 Å². The van der Waals surface area contributed by atoms with Crippen LogP contribution >= 0.6 is 0 Å². The van der Waals surface area contributed by atoms with Crippen molar-refractivity contribution in [1.29, 1.82) is 0 Å². The van der Waals surface area contributed by atoms with Gasteiger partial charge in [-0.25, -0.2) is 9.78 Å². The van der Waals surface area contributed by atoms with Gasteiger partial charge >= 0.3 is 5.97 Å². The molecule has 0 radical (unpaired) electrons. The molecular formula is C16H13NO3. The van der Waals surface area contributed by atoms with Crippen LogP contribution in [0.5, 0.6) is 0 Å². The molecule has 0 fully saturated rings. The third-order valence-electron chi connectivity index (χ3n) is 3.26. The Labute approximate surface area is 115 Å². The lowest BCUT2D eigenvalue weighted by molar-refractivity contribution is 0.0699. The van der Waals surface area contributed by atoms with Gasteiger partial charge in [-0.05, 0) is 37.6 Å². The summed E-state index contributed by atoms with van der Waals surface area (Å²) in [5.41, 5.74) is 4.11. The summed E-state index contributed by atoms with van der Waals surface area (Å²) in [4.78, 5) is 15.5. The maximum atomic E-state index is 11.2. The minimum Gasteiger partial charge on any atom is -0.478 e. The topological polar surface area (TPSA) is 63.3 Å². The van der Waals surface area contributed by atoms with Crippen LogP contribution in [-0.2, 0) is 0 Å². The van der Waals surface area contributed by atoms with Gasteiger partial charge in [-0.2, -0.15) is 0 Å². The summed E-state index contributed by atoms with van der Waals surface area (Å²) >= 11 is 0. The number of carboxylic acids is 1. The second-order valence-electron chi connectivity index (χ2n) is 4.79. The average molecular weight is 267 g/mol. The third kappa shape index (κ3) is 1.95. The number of hydrogen-bond acceptors (Lipinski definition) is 3. The number of nitrogens with zero attached hydrogens (tertiary/aromatic N) is 1. The minimum absolute atomic E-state index is 0.155. The molecule has 0 bridgehead atoms. The Bertz CT molecular complexity index is 818. The maximum absolute atomic E-state index is 11.2. The first kappa shape index (κ1) is 12.4. The molecule has 0 aliphatic heterocycles. The molecule has 3 rings (SSSR count). The van der Waals surface area contributed by atoms with E-state index < -0.39 is 5.97 Å². The highest BCUT2D eigenvalue weighted by Crippen LogP contribution is 2.28. The predicted octanol–water partition coefficient (Wildman–Crippen LogP) is 3.81. The molecule has 20 heavy (non-hydrogen) atoms. The second kappa shape index (κ2) is 4.49. The summed E-state index contributed by atoms with van der Waals surface area (Å²) in [5, 5.41) is 9.17. The third-order valence-corrected chi connectivity index (χ3v) is 3.26. The summed E-state index contributed by atoms with van der Waals surface area (Å²) in [6, 6.07) is 10.9. The van der Waals surface area contributed by atoms with Crippen molar-refractivity contribution in [2.75, 3.05) is 0 Å². The van der Waals surface area contributed by atoms with Gasteiger partial charge in [0, 0.05) is 5.56 Å². The van der Waals surface area contributed by atoms with E-state index in [1.807, 2.05) is 32.0 Å². The van der Waals surface area contributed by atoms with E-state index in [4.69, 9.17) is 4.42 Å². The number of benzene rings is 2. The predicted molar refractivity (Wildman–Crippen MR) is 75.9 cm³/mol. The molecule has 4 nitrogen and oxygen atoms in total. The SMILES string of the molecule is Cc1ccc(-c2nc3c(C(=O)O)cccc3o2)c(C)c1. The summed E-state index contributed by atoms with van der Waals surface area (Å²) < 4.78 is 5.69. The van der Waals surface area contributed by atoms with E-state index in [1.165, 1.54) is 6.07 Å². The van der Waals surface area contributed by atoms with Crippen molar-refractivity contribution in [3.05, 3.63) is 53.1 Å². The number of hydrogen-bond donors (Lipinski definition) is 1. The zero-order valence-corrected chi connectivity index (χ0v) is 11.2. The fourth-order valence-corrected chi connectivity index (χ4v) is 2.29. The van der Waals surface area contributed by atoms with E-state index in [1.54, 1.807) is 12.1 Å². The average Bonchev–Trinajstić information content (AvgIpc) is 2.81. The molecule has 0 saturated heterocycles. The van der Waals surface area contributed by atoms with Crippen LogP contribution in [0.2, 0.25) is 0 Å². The molecular weight excluding hydrogens is 254 g/mol. The van der Waals surface area contributed by atoms with E-state index in [-0.39, 0.29) is 5.56 Å². The summed E-state index contributed by atoms with van der Waals surface area (Å²) in [5.74, 6) is -0.553. The van der Waals surface area contributed by atoms with Crippen LogP contribution < -0.4 is 0 Å². The van der Waals surface area contributed by atoms with E-state index in [0.717, 1.165) is 16.7 Å². The monoisotopic (exact) mass is 267 g/mol. The van der Waals surface area contributed by atoms with Crippen molar-refractivity contribution in [2.45, 2.75) is 13.8 Å². The van der Waals surface area contributed by atoms with Gasteiger partial charge in [0.25, 0.3) is 0 Å². The molecule has 0 aliphatic carbocycles. The standard InChI is InChI=1S/C16H13NO3/c1-9-6-7-11(10(2)8-9)15-17-14-12(16(18)19)4-3-5-13(14)20-15/h3-8H,1-2H3,(H,18,19). The molecule has 0 spiro atoms. The molecule has 0 atom stereocenters. The van der Waals surface area contributed by atoms with E-state index >= 15 is 0 Å². The molecule has 0 saturated carbocycles. The molecule has 100 valence electrons. The number of oxazole rings is 1. The number of aromatic nitrogens is 1. The number of carbonyl (C=O) groups is 1. The molecule has 4 heteroatoms. The molecule has 1 aromatic heterocycles. The van der Waals surface area contributed by atoms with Crippen LogP contribution in [0.4, 0.5) is 0 Å². The number of para-hydroxylation sites is 1. The second-order valence-corrected chi connectivity index (χ2v) is 4.79. The van der Waals surface area contributed by atoms with Gasteiger partial charge in [0.05, 0.1) is 5.56 Å². The van der Waals surface area contributed by atoms with Gasteiger partial charge in [0.15, 0.2) is 5.58 Å². The fourth-order valence-electron chi connectivity index (χ4n) is 2.29. The van der Waals surface area contributed by atoms with Crippen LogP contribution in [0, 0.1) is 13.8 Å². The minimum atomic E-state index is -1.00. The van der Waals surface area contributed by atoms with Crippen LogP contribution in [0.1, 0.15) is 21.5 Å². The van der Waals surface area contributed by atoms with Crippen LogP contribution in [0.25, 0.3) is 22.6 Å². The molecule has 3 aromatic rings. The highest BCUT2D eigenvalue weighted by molar-refractivity contribution is 6.00. The molecule has 2 aromatic carbocycles. The summed E-state index contributed by atoms with van der Waals surface area (Å²) in [7, 11) is 0. The first-order valence-electron chi connectivity index (χ1n) is 6.27. The fraction of sp³-hybridized carbons (Fsp3) is 0.125. The van der Waals surface area contributed by atoms with E-state index in [9.17, 15) is 9.90 Å². The Morgan fingerprint density at radius 2 is 2.00 bits per heavy atom. The molecule has 1 heterocycles. The first-order valence-corrected chi connectivity index (χ1v) is 6.27. The van der Waals surface area contributed by atoms with Gasteiger partial charge in [0.2, 0.25) is 5.89 Å². The molecule has 0 amide bonds. The summed E-state index contributed by atoms with van der Waals surface area (Å²) in [6.45, 7) is 4.00. The van der Waals surface area contributed by atoms with Gasteiger partial charge in [0.1, 0.15) is 5.52 Å². The van der Waals surface area contributed by atoms with Crippen molar-refractivity contribution < 1.29 is 14.3 Å². The summed E-state index contributed by atoms with van der Waals surface area (Å²) in [6.07, 6.45) is 0. The van der Waals surface area contributed by atoms with Crippen molar-refractivity contribution in [3.63, 3.8) is 0 Å². The maximum Gasteiger partial charge on any atom is 0.338 e. The number of carboxylic acid groups (broad SMARTS) is 1. The van der Waals surface area contributed by atoms with Gasteiger partial charge in [-0.15, -0.1) is 0 Å². The Kier molecular flexibility index (Phi) is 2.79. The lowest BCUT2D eigenvalue weighted by atomic mass is 10.1. The molecule has 1 N–H and O–H groups in total. The Balaban J connectivity index is 2.23. The van der Waals surface area contributed by atoms with Crippen molar-refractivity contribution in [1.82, 2.24) is 4.98 Å². The Morgan fingerprint density at radius 1 is 1.20 bits per heavy atom. The lowest BCUT2D eigenvalue weighted by Gasteiger charge is -2.01. The van der Waals surface area contributed by atoms with Crippen molar-refractivity contribution >= 4 is 17.1 Å².